The topological polar surface area (TPSA) is 85.6 Å². The second kappa shape index (κ2) is 8.02. The Kier molecular flexibility index (Phi) is 5.55. The molecule has 25 heavy (non-hydrogen) atoms. The van der Waals surface area contributed by atoms with E-state index < -0.39 is 0 Å². The molecule has 3 rings (SSSR count). The molecule has 1 aromatic heterocycles. The van der Waals surface area contributed by atoms with E-state index in [1.54, 1.807) is 14.2 Å². The van der Waals surface area contributed by atoms with Crippen LogP contribution in [-0.2, 0) is 6.54 Å². The lowest BCUT2D eigenvalue weighted by atomic mass is 9.94. The number of methoxy groups -OCH3 is 2. The number of nitrogens with one attached hydrogen (secondary N) is 2. The monoisotopic (exact) mass is 345 g/mol. The molecule has 0 bridgehead atoms. The number of ether oxygens (including phenoxy) is 2. The number of para-hydroxylation sites is 1. The zero-order valence-corrected chi connectivity index (χ0v) is 14.5. The van der Waals surface area contributed by atoms with Crippen molar-refractivity contribution in [3.8, 4) is 11.5 Å². The number of oxazole rings is 1. The van der Waals surface area contributed by atoms with Gasteiger partial charge in [0.05, 0.1) is 14.2 Å². The molecule has 1 aromatic carbocycles. The Morgan fingerprint density at radius 1 is 1.32 bits per heavy atom. The van der Waals surface area contributed by atoms with Crippen LogP contribution in [0.2, 0.25) is 0 Å². The van der Waals surface area contributed by atoms with Gasteiger partial charge in [-0.05, 0) is 32.0 Å². The summed E-state index contributed by atoms with van der Waals surface area (Å²) in [6.07, 6.45) is 3.23. The summed E-state index contributed by atoms with van der Waals surface area (Å²) in [6, 6.07) is 5.56. The number of benzene rings is 1. The van der Waals surface area contributed by atoms with E-state index in [0.29, 0.717) is 29.5 Å². The van der Waals surface area contributed by atoms with Crippen LogP contribution in [0.25, 0.3) is 0 Å². The van der Waals surface area contributed by atoms with Crippen LogP contribution in [0.4, 0.5) is 0 Å². The maximum atomic E-state index is 12.6. The summed E-state index contributed by atoms with van der Waals surface area (Å²) < 4.78 is 16.2. The Labute approximate surface area is 146 Å². The highest BCUT2D eigenvalue weighted by Gasteiger charge is 2.26. The first kappa shape index (κ1) is 17.3. The predicted molar refractivity (Wildman–Crippen MR) is 92.1 cm³/mol. The van der Waals surface area contributed by atoms with Crippen LogP contribution in [-0.4, -0.2) is 38.2 Å². The molecule has 0 aliphatic carbocycles. The fourth-order valence-electron chi connectivity index (χ4n) is 3.15. The summed E-state index contributed by atoms with van der Waals surface area (Å²) in [4.78, 5) is 16.7. The minimum atomic E-state index is -0.243. The molecule has 0 spiro atoms. The second-order valence-electron chi connectivity index (χ2n) is 5.92. The molecule has 134 valence electrons. The molecule has 0 atom stereocenters. The molecule has 1 amide bonds. The van der Waals surface area contributed by atoms with Crippen LogP contribution in [0.15, 0.2) is 29.0 Å². The van der Waals surface area contributed by atoms with E-state index in [9.17, 15) is 4.79 Å². The van der Waals surface area contributed by atoms with E-state index in [0.717, 1.165) is 31.5 Å². The highest BCUT2D eigenvalue weighted by atomic mass is 16.5. The third kappa shape index (κ3) is 3.76. The number of carbonyl (C=O) groups is 1. The van der Waals surface area contributed by atoms with Crippen molar-refractivity contribution in [2.75, 3.05) is 27.3 Å². The maximum Gasteiger partial charge on any atom is 0.273 e. The van der Waals surface area contributed by atoms with Gasteiger partial charge in [0.2, 0.25) is 0 Å². The van der Waals surface area contributed by atoms with Gasteiger partial charge in [0, 0.05) is 18.0 Å². The Morgan fingerprint density at radius 3 is 2.84 bits per heavy atom. The first-order valence-electron chi connectivity index (χ1n) is 8.36. The van der Waals surface area contributed by atoms with E-state index in [2.05, 4.69) is 15.6 Å². The smallest absolute Gasteiger partial charge is 0.273 e. The molecule has 1 aliphatic rings. The Morgan fingerprint density at radius 2 is 2.12 bits per heavy atom. The third-order valence-corrected chi connectivity index (χ3v) is 4.44. The summed E-state index contributed by atoms with van der Waals surface area (Å²) in [6.45, 7) is 2.17. The molecule has 7 nitrogen and oxygen atoms in total. The second-order valence-corrected chi connectivity index (χ2v) is 5.92. The molecule has 1 fully saturated rings. The molecule has 0 unspecified atom stereocenters. The number of rotatable bonds is 6. The van der Waals surface area contributed by atoms with Gasteiger partial charge in [0.15, 0.2) is 23.6 Å². The molecular weight excluding hydrogens is 322 g/mol. The number of piperidine rings is 1. The molecule has 1 aliphatic heterocycles. The van der Waals surface area contributed by atoms with Crippen molar-refractivity contribution in [2.45, 2.75) is 25.3 Å². The van der Waals surface area contributed by atoms with E-state index in [1.807, 2.05) is 18.2 Å². The first-order chi connectivity index (χ1) is 12.2. The summed E-state index contributed by atoms with van der Waals surface area (Å²) >= 11 is 0. The van der Waals surface area contributed by atoms with E-state index in [1.165, 1.54) is 6.39 Å². The lowest BCUT2D eigenvalue weighted by Crippen LogP contribution is -2.29. The number of nitrogens with zero attached hydrogens (tertiary/aromatic N) is 1. The highest BCUT2D eigenvalue weighted by Crippen LogP contribution is 2.31. The van der Waals surface area contributed by atoms with E-state index >= 15 is 0 Å². The van der Waals surface area contributed by atoms with Crippen molar-refractivity contribution in [1.82, 2.24) is 15.6 Å². The lowest BCUT2D eigenvalue weighted by Gasteiger charge is -2.21. The number of hydrogen-bond donors (Lipinski definition) is 2. The number of hydrogen-bond acceptors (Lipinski definition) is 6. The van der Waals surface area contributed by atoms with Crippen LogP contribution in [0, 0.1) is 0 Å². The Bertz CT molecular complexity index is 723. The van der Waals surface area contributed by atoms with Gasteiger partial charge >= 0.3 is 0 Å². The van der Waals surface area contributed by atoms with E-state index in [4.69, 9.17) is 13.9 Å². The predicted octanol–water partition coefficient (Wildman–Crippen LogP) is 2.09. The molecule has 2 aromatic rings. The summed E-state index contributed by atoms with van der Waals surface area (Å²) in [7, 11) is 3.16. The van der Waals surface area contributed by atoms with Gasteiger partial charge in [-0.2, -0.15) is 0 Å². The number of amides is 1. The Balaban J connectivity index is 1.71. The van der Waals surface area contributed by atoms with Crippen LogP contribution < -0.4 is 20.1 Å². The van der Waals surface area contributed by atoms with Crippen molar-refractivity contribution in [3.63, 3.8) is 0 Å². The molecule has 2 heterocycles. The standard InChI is InChI=1S/C18H23N3O4/c1-23-14-5-3-4-13(16(14)24-2)10-20-18(22)15-17(25-11-21-15)12-6-8-19-9-7-12/h3-5,11-12,19H,6-10H2,1-2H3,(H,20,22). The van der Waals surface area contributed by atoms with Gasteiger partial charge in [0.25, 0.3) is 5.91 Å². The van der Waals surface area contributed by atoms with Gasteiger partial charge in [-0.25, -0.2) is 4.98 Å². The van der Waals surface area contributed by atoms with Crippen molar-refractivity contribution >= 4 is 5.91 Å². The average Bonchev–Trinajstić information content (AvgIpc) is 3.16. The van der Waals surface area contributed by atoms with Gasteiger partial charge in [0.1, 0.15) is 5.76 Å². The van der Waals surface area contributed by atoms with Gasteiger partial charge in [-0.3, -0.25) is 4.79 Å². The normalized spacial score (nSPS) is 15.0. The number of aromatic nitrogens is 1. The van der Waals surface area contributed by atoms with Crippen LogP contribution in [0.5, 0.6) is 11.5 Å². The zero-order valence-electron chi connectivity index (χ0n) is 14.5. The SMILES string of the molecule is COc1cccc(CNC(=O)c2ncoc2C2CCNCC2)c1OC. The largest absolute Gasteiger partial charge is 0.493 e. The zero-order chi connectivity index (χ0) is 17.6. The van der Waals surface area contributed by atoms with Crippen molar-refractivity contribution in [1.29, 1.82) is 0 Å². The fourth-order valence-corrected chi connectivity index (χ4v) is 3.15. The maximum absolute atomic E-state index is 12.6. The average molecular weight is 345 g/mol. The molecule has 7 heteroatoms. The van der Waals surface area contributed by atoms with Gasteiger partial charge < -0.3 is 24.5 Å². The van der Waals surface area contributed by atoms with Crippen molar-refractivity contribution in [2.24, 2.45) is 0 Å². The van der Waals surface area contributed by atoms with Crippen LogP contribution in [0.1, 0.15) is 40.6 Å². The summed E-state index contributed by atoms with van der Waals surface area (Å²) in [5, 5.41) is 6.20. The van der Waals surface area contributed by atoms with Crippen molar-refractivity contribution < 1.29 is 18.7 Å². The summed E-state index contributed by atoms with van der Waals surface area (Å²) in [5.41, 5.74) is 1.20. The third-order valence-electron chi connectivity index (χ3n) is 4.44. The lowest BCUT2D eigenvalue weighted by molar-refractivity contribution is 0.0943. The Hall–Kier alpha value is -2.54. The van der Waals surface area contributed by atoms with Crippen LogP contribution >= 0.6 is 0 Å². The minimum Gasteiger partial charge on any atom is -0.493 e. The highest BCUT2D eigenvalue weighted by molar-refractivity contribution is 5.93. The molecule has 1 saturated heterocycles. The van der Waals surface area contributed by atoms with Gasteiger partial charge in [-0.1, -0.05) is 12.1 Å². The quantitative estimate of drug-likeness (QED) is 0.834. The molecule has 0 saturated carbocycles. The molecular formula is C18H23N3O4. The molecule has 0 radical (unpaired) electrons. The van der Waals surface area contributed by atoms with E-state index in [-0.39, 0.29) is 11.8 Å². The van der Waals surface area contributed by atoms with Crippen LogP contribution in [0.3, 0.4) is 0 Å². The van der Waals surface area contributed by atoms with Crippen molar-refractivity contribution in [3.05, 3.63) is 41.6 Å². The minimum absolute atomic E-state index is 0.232. The van der Waals surface area contributed by atoms with Gasteiger partial charge in [-0.15, -0.1) is 0 Å². The summed E-state index contributed by atoms with van der Waals surface area (Å²) in [5.74, 6) is 1.91. The molecule has 2 N–H and O–H groups in total. The first-order valence-corrected chi connectivity index (χ1v) is 8.36. The number of carbonyl (C=O) groups excluding carboxylic acids is 1. The fraction of sp³-hybridized carbons (Fsp3) is 0.444.